The van der Waals surface area contributed by atoms with Crippen molar-refractivity contribution in [1.29, 1.82) is 0 Å². The minimum Gasteiger partial charge on any atom is -0.309 e. The van der Waals surface area contributed by atoms with E-state index in [0.717, 1.165) is 5.56 Å². The second-order valence-electron chi connectivity index (χ2n) is 5.19. The van der Waals surface area contributed by atoms with Crippen LogP contribution in [-0.4, -0.2) is 9.97 Å². The molecule has 0 fully saturated rings. The van der Waals surface area contributed by atoms with Crippen molar-refractivity contribution in [1.82, 2.24) is 15.3 Å². The lowest BCUT2D eigenvalue weighted by molar-refractivity contribution is 0.559. The molecule has 0 radical (unpaired) electrons. The zero-order valence-electron chi connectivity index (χ0n) is 12.1. The molecule has 1 heterocycles. The SMILES string of the molecule is C[C@@H](NCc1nc2ccccc2c(=O)[nH]1)c1cccc(Cl)c1. The molecule has 112 valence electrons. The van der Waals surface area contributed by atoms with Gasteiger partial charge in [0.1, 0.15) is 5.82 Å². The Morgan fingerprint density at radius 1 is 1.23 bits per heavy atom. The van der Waals surface area contributed by atoms with Gasteiger partial charge in [0.15, 0.2) is 0 Å². The lowest BCUT2D eigenvalue weighted by atomic mass is 10.1. The van der Waals surface area contributed by atoms with Crippen molar-refractivity contribution in [3.63, 3.8) is 0 Å². The van der Waals surface area contributed by atoms with Gasteiger partial charge in [0.2, 0.25) is 0 Å². The lowest BCUT2D eigenvalue weighted by Gasteiger charge is -2.14. The summed E-state index contributed by atoms with van der Waals surface area (Å²) in [6, 6.07) is 15.1. The Morgan fingerprint density at radius 3 is 2.86 bits per heavy atom. The second-order valence-corrected chi connectivity index (χ2v) is 5.62. The highest BCUT2D eigenvalue weighted by Crippen LogP contribution is 2.17. The standard InChI is InChI=1S/C17H16ClN3O/c1-11(12-5-4-6-13(18)9-12)19-10-16-20-15-8-3-2-7-14(15)17(22)21-16/h2-9,11,19H,10H2,1H3,(H,20,21,22)/t11-/m1/s1. The van der Waals surface area contributed by atoms with Crippen LogP contribution in [0, 0.1) is 0 Å². The van der Waals surface area contributed by atoms with Gasteiger partial charge in [-0.15, -0.1) is 0 Å². The van der Waals surface area contributed by atoms with Gasteiger partial charge in [-0.2, -0.15) is 0 Å². The molecule has 4 nitrogen and oxygen atoms in total. The van der Waals surface area contributed by atoms with Gasteiger partial charge in [0.05, 0.1) is 17.4 Å². The van der Waals surface area contributed by atoms with Gasteiger partial charge in [-0.05, 0) is 36.8 Å². The van der Waals surface area contributed by atoms with Gasteiger partial charge >= 0.3 is 0 Å². The Labute approximate surface area is 133 Å². The zero-order valence-corrected chi connectivity index (χ0v) is 12.9. The summed E-state index contributed by atoms with van der Waals surface area (Å²) in [5.74, 6) is 0.623. The number of fused-ring (bicyclic) bond motifs is 1. The van der Waals surface area contributed by atoms with Crippen LogP contribution in [0.3, 0.4) is 0 Å². The molecule has 0 aliphatic heterocycles. The lowest BCUT2D eigenvalue weighted by Crippen LogP contribution is -2.22. The van der Waals surface area contributed by atoms with Crippen LogP contribution in [0.4, 0.5) is 0 Å². The Morgan fingerprint density at radius 2 is 2.05 bits per heavy atom. The molecule has 0 unspecified atom stereocenters. The number of rotatable bonds is 4. The number of aromatic nitrogens is 2. The Bertz CT molecular complexity index is 860. The molecule has 22 heavy (non-hydrogen) atoms. The first-order chi connectivity index (χ1) is 10.6. The van der Waals surface area contributed by atoms with Crippen molar-refractivity contribution in [3.05, 3.63) is 75.3 Å². The summed E-state index contributed by atoms with van der Waals surface area (Å²) in [7, 11) is 0. The fraction of sp³-hybridized carbons (Fsp3) is 0.176. The van der Waals surface area contributed by atoms with E-state index in [4.69, 9.17) is 11.6 Å². The van der Waals surface area contributed by atoms with E-state index in [-0.39, 0.29) is 11.6 Å². The van der Waals surface area contributed by atoms with Crippen LogP contribution < -0.4 is 10.9 Å². The number of hydrogen-bond donors (Lipinski definition) is 2. The molecular formula is C17H16ClN3O. The van der Waals surface area contributed by atoms with E-state index in [1.54, 1.807) is 6.07 Å². The van der Waals surface area contributed by atoms with Crippen LogP contribution in [0.15, 0.2) is 53.3 Å². The van der Waals surface area contributed by atoms with Crippen LogP contribution in [0.1, 0.15) is 24.4 Å². The number of benzene rings is 2. The van der Waals surface area contributed by atoms with Crippen molar-refractivity contribution in [2.75, 3.05) is 0 Å². The molecule has 0 saturated heterocycles. The van der Waals surface area contributed by atoms with E-state index in [1.165, 1.54) is 0 Å². The van der Waals surface area contributed by atoms with E-state index in [2.05, 4.69) is 15.3 Å². The zero-order chi connectivity index (χ0) is 15.5. The first kappa shape index (κ1) is 14.8. The third-order valence-electron chi connectivity index (χ3n) is 3.59. The molecule has 0 aliphatic carbocycles. The summed E-state index contributed by atoms with van der Waals surface area (Å²) < 4.78 is 0. The predicted molar refractivity (Wildman–Crippen MR) is 89.1 cm³/mol. The molecular weight excluding hydrogens is 298 g/mol. The van der Waals surface area contributed by atoms with E-state index in [1.807, 2.05) is 49.4 Å². The molecule has 2 N–H and O–H groups in total. The quantitative estimate of drug-likeness (QED) is 0.776. The normalized spacial score (nSPS) is 12.5. The van der Waals surface area contributed by atoms with E-state index < -0.39 is 0 Å². The molecule has 5 heteroatoms. The van der Waals surface area contributed by atoms with E-state index >= 15 is 0 Å². The minimum atomic E-state index is -0.113. The summed E-state index contributed by atoms with van der Waals surface area (Å²) in [4.78, 5) is 19.3. The summed E-state index contributed by atoms with van der Waals surface area (Å²) >= 11 is 6.00. The summed E-state index contributed by atoms with van der Waals surface area (Å²) in [5, 5.41) is 4.66. The third-order valence-corrected chi connectivity index (χ3v) is 3.82. The van der Waals surface area contributed by atoms with Crippen molar-refractivity contribution < 1.29 is 0 Å². The van der Waals surface area contributed by atoms with Gasteiger partial charge in [-0.1, -0.05) is 35.9 Å². The van der Waals surface area contributed by atoms with E-state index in [9.17, 15) is 4.79 Å². The maximum absolute atomic E-state index is 12.0. The number of para-hydroxylation sites is 1. The molecule has 0 spiro atoms. The molecule has 0 aliphatic rings. The van der Waals surface area contributed by atoms with Gasteiger partial charge < -0.3 is 10.3 Å². The van der Waals surface area contributed by atoms with E-state index in [0.29, 0.717) is 28.3 Å². The highest BCUT2D eigenvalue weighted by Gasteiger charge is 2.07. The van der Waals surface area contributed by atoms with Crippen molar-refractivity contribution in [2.45, 2.75) is 19.5 Å². The highest BCUT2D eigenvalue weighted by molar-refractivity contribution is 6.30. The van der Waals surface area contributed by atoms with Crippen LogP contribution in [0.25, 0.3) is 10.9 Å². The topological polar surface area (TPSA) is 57.8 Å². The smallest absolute Gasteiger partial charge is 0.258 e. The Balaban J connectivity index is 1.78. The number of aromatic amines is 1. The molecule has 3 rings (SSSR count). The maximum atomic E-state index is 12.0. The van der Waals surface area contributed by atoms with Gasteiger partial charge in [-0.25, -0.2) is 4.98 Å². The highest BCUT2D eigenvalue weighted by atomic mass is 35.5. The molecule has 3 aromatic rings. The van der Waals surface area contributed by atoms with Crippen LogP contribution >= 0.6 is 11.6 Å². The molecule has 2 aromatic carbocycles. The fourth-order valence-electron chi connectivity index (χ4n) is 2.36. The van der Waals surface area contributed by atoms with Crippen LogP contribution in [-0.2, 0) is 6.54 Å². The largest absolute Gasteiger partial charge is 0.309 e. The number of halogens is 1. The van der Waals surface area contributed by atoms with Crippen LogP contribution in [0.2, 0.25) is 5.02 Å². The molecule has 0 bridgehead atoms. The summed E-state index contributed by atoms with van der Waals surface area (Å²) in [6.45, 7) is 2.53. The maximum Gasteiger partial charge on any atom is 0.258 e. The average molecular weight is 314 g/mol. The third kappa shape index (κ3) is 3.18. The predicted octanol–water partition coefficient (Wildman–Crippen LogP) is 3.43. The molecule has 1 aromatic heterocycles. The number of hydrogen-bond acceptors (Lipinski definition) is 3. The monoisotopic (exact) mass is 313 g/mol. The van der Waals surface area contributed by atoms with Crippen LogP contribution in [0.5, 0.6) is 0 Å². The van der Waals surface area contributed by atoms with Crippen molar-refractivity contribution in [2.24, 2.45) is 0 Å². The fourth-order valence-corrected chi connectivity index (χ4v) is 2.56. The Kier molecular flexibility index (Phi) is 4.22. The van der Waals surface area contributed by atoms with Crippen molar-refractivity contribution in [3.8, 4) is 0 Å². The molecule has 0 saturated carbocycles. The van der Waals surface area contributed by atoms with Gasteiger partial charge in [-0.3, -0.25) is 4.79 Å². The van der Waals surface area contributed by atoms with Gasteiger partial charge in [0.25, 0.3) is 5.56 Å². The number of H-pyrrole nitrogens is 1. The molecule has 1 atom stereocenters. The average Bonchev–Trinajstić information content (AvgIpc) is 2.53. The number of nitrogens with zero attached hydrogens (tertiary/aromatic N) is 1. The first-order valence-electron chi connectivity index (χ1n) is 7.10. The second kappa shape index (κ2) is 6.30. The summed E-state index contributed by atoms with van der Waals surface area (Å²) in [5.41, 5.74) is 1.69. The molecule has 0 amide bonds. The van der Waals surface area contributed by atoms with Gasteiger partial charge in [0, 0.05) is 11.1 Å². The van der Waals surface area contributed by atoms with Crippen molar-refractivity contribution >= 4 is 22.5 Å². The Hall–Kier alpha value is -2.17. The summed E-state index contributed by atoms with van der Waals surface area (Å²) in [6.07, 6.45) is 0. The first-order valence-corrected chi connectivity index (χ1v) is 7.48. The number of nitrogens with one attached hydrogen (secondary N) is 2. The minimum absolute atomic E-state index is 0.107.